The Morgan fingerprint density at radius 1 is 1.20 bits per heavy atom. The van der Waals surface area contributed by atoms with Gasteiger partial charge < -0.3 is 10.1 Å². The third kappa shape index (κ3) is 4.65. The maximum atomic E-state index is 14.0. The van der Waals surface area contributed by atoms with Crippen LogP contribution < -0.4 is 10.1 Å². The van der Waals surface area contributed by atoms with Crippen molar-refractivity contribution in [3.05, 3.63) is 59.4 Å². The number of ether oxygens (including phenoxy) is 1. The standard InChI is InChI=1S/C22H27FN2O4S/c1-15-8-9-20(29-3)18(14-15)16(2)24-22(26)17-10-12-25(13-11-17)30(27,28)21-7-5-4-6-19(21)23/h4-9,14,16-17H,10-13H2,1-3H3,(H,24,26). The lowest BCUT2D eigenvalue weighted by Gasteiger charge is -2.31. The SMILES string of the molecule is COc1ccc(C)cc1C(C)NC(=O)C1CCN(S(=O)(=O)c2ccccc2F)CC1. The van der Waals surface area contributed by atoms with Gasteiger partial charge in [0.05, 0.1) is 13.2 Å². The number of nitrogens with zero attached hydrogens (tertiary/aromatic N) is 1. The summed E-state index contributed by atoms with van der Waals surface area (Å²) in [6, 6.07) is 10.9. The maximum Gasteiger partial charge on any atom is 0.245 e. The fourth-order valence-corrected chi connectivity index (χ4v) is 5.29. The average Bonchev–Trinajstić information content (AvgIpc) is 2.74. The number of methoxy groups -OCH3 is 1. The Morgan fingerprint density at radius 2 is 1.87 bits per heavy atom. The number of amides is 1. The van der Waals surface area contributed by atoms with Gasteiger partial charge in [0.25, 0.3) is 0 Å². The van der Waals surface area contributed by atoms with Crippen LogP contribution in [-0.2, 0) is 14.8 Å². The van der Waals surface area contributed by atoms with Crippen molar-refractivity contribution in [2.45, 2.75) is 37.6 Å². The first-order chi connectivity index (χ1) is 14.2. The molecule has 162 valence electrons. The highest BCUT2D eigenvalue weighted by Gasteiger charge is 2.33. The van der Waals surface area contributed by atoms with Crippen molar-refractivity contribution in [3.63, 3.8) is 0 Å². The normalized spacial score (nSPS) is 16.8. The van der Waals surface area contributed by atoms with Crippen molar-refractivity contribution >= 4 is 15.9 Å². The summed E-state index contributed by atoms with van der Waals surface area (Å²) in [4.78, 5) is 12.4. The number of hydrogen-bond donors (Lipinski definition) is 1. The van der Waals surface area contributed by atoms with Gasteiger partial charge in [-0.25, -0.2) is 12.8 Å². The van der Waals surface area contributed by atoms with Gasteiger partial charge >= 0.3 is 0 Å². The van der Waals surface area contributed by atoms with Crippen LogP contribution in [-0.4, -0.2) is 38.8 Å². The van der Waals surface area contributed by atoms with Crippen LogP contribution in [0.3, 0.4) is 0 Å². The lowest BCUT2D eigenvalue weighted by atomic mass is 9.96. The summed E-state index contributed by atoms with van der Waals surface area (Å²) in [6.45, 7) is 4.23. The number of benzene rings is 2. The summed E-state index contributed by atoms with van der Waals surface area (Å²) in [7, 11) is -2.32. The van der Waals surface area contributed by atoms with E-state index in [-0.39, 0.29) is 35.9 Å². The molecule has 0 saturated carbocycles. The fourth-order valence-electron chi connectivity index (χ4n) is 3.75. The lowest BCUT2D eigenvalue weighted by Crippen LogP contribution is -2.43. The van der Waals surface area contributed by atoms with E-state index in [4.69, 9.17) is 4.74 Å². The second-order valence-electron chi connectivity index (χ2n) is 7.58. The Hall–Kier alpha value is -2.45. The molecule has 1 fully saturated rings. The number of sulfonamides is 1. The van der Waals surface area contributed by atoms with E-state index < -0.39 is 15.8 Å². The topological polar surface area (TPSA) is 75.7 Å². The molecular weight excluding hydrogens is 407 g/mol. The minimum Gasteiger partial charge on any atom is -0.496 e. The zero-order valence-electron chi connectivity index (χ0n) is 17.4. The summed E-state index contributed by atoms with van der Waals surface area (Å²) in [5.74, 6) is -0.471. The number of carbonyl (C=O) groups excluding carboxylic acids is 1. The molecule has 0 aromatic heterocycles. The van der Waals surface area contributed by atoms with Crippen LogP contribution in [0.5, 0.6) is 5.75 Å². The van der Waals surface area contributed by atoms with Gasteiger partial charge in [0.15, 0.2) is 0 Å². The minimum atomic E-state index is -3.91. The summed E-state index contributed by atoms with van der Waals surface area (Å²) < 4.78 is 46.1. The second-order valence-corrected chi connectivity index (χ2v) is 9.49. The molecule has 2 aromatic rings. The van der Waals surface area contributed by atoms with E-state index in [1.165, 1.54) is 22.5 Å². The van der Waals surface area contributed by atoms with Crippen molar-refractivity contribution in [2.75, 3.05) is 20.2 Å². The van der Waals surface area contributed by atoms with Crippen LogP contribution in [0, 0.1) is 18.7 Å². The van der Waals surface area contributed by atoms with Gasteiger partial charge in [-0.05, 0) is 44.9 Å². The van der Waals surface area contributed by atoms with Crippen LogP contribution in [0.2, 0.25) is 0 Å². The maximum absolute atomic E-state index is 14.0. The van der Waals surface area contributed by atoms with Crippen LogP contribution in [0.15, 0.2) is 47.4 Å². The Balaban J connectivity index is 1.63. The molecule has 8 heteroatoms. The monoisotopic (exact) mass is 434 g/mol. The molecule has 0 aliphatic carbocycles. The minimum absolute atomic E-state index is 0.117. The number of aryl methyl sites for hydroxylation is 1. The predicted molar refractivity (Wildman–Crippen MR) is 112 cm³/mol. The van der Waals surface area contributed by atoms with E-state index in [1.54, 1.807) is 7.11 Å². The highest BCUT2D eigenvalue weighted by Crippen LogP contribution is 2.28. The second kappa shape index (κ2) is 9.14. The van der Waals surface area contributed by atoms with Gasteiger partial charge in [-0.3, -0.25) is 4.79 Å². The first kappa shape index (κ1) is 22.2. The van der Waals surface area contributed by atoms with Gasteiger partial charge in [-0.1, -0.05) is 29.8 Å². The third-order valence-corrected chi connectivity index (χ3v) is 7.42. The molecule has 1 aliphatic heterocycles. The Kier molecular flexibility index (Phi) is 6.77. The quantitative estimate of drug-likeness (QED) is 0.756. The molecule has 6 nitrogen and oxygen atoms in total. The molecule has 1 N–H and O–H groups in total. The molecule has 1 amide bonds. The molecule has 3 rings (SSSR count). The lowest BCUT2D eigenvalue weighted by molar-refractivity contribution is -0.126. The smallest absolute Gasteiger partial charge is 0.245 e. The summed E-state index contributed by atoms with van der Waals surface area (Å²) in [5, 5.41) is 3.02. The molecule has 1 unspecified atom stereocenters. The van der Waals surface area contributed by atoms with Crippen molar-refractivity contribution in [3.8, 4) is 5.75 Å². The molecule has 1 saturated heterocycles. The number of carbonyl (C=O) groups is 1. The molecule has 30 heavy (non-hydrogen) atoms. The van der Waals surface area contributed by atoms with Gasteiger partial charge in [0.1, 0.15) is 16.5 Å². The molecule has 1 atom stereocenters. The van der Waals surface area contributed by atoms with E-state index in [1.807, 2.05) is 32.0 Å². The van der Waals surface area contributed by atoms with Crippen molar-refractivity contribution < 1.29 is 22.3 Å². The van der Waals surface area contributed by atoms with Crippen molar-refractivity contribution in [1.82, 2.24) is 9.62 Å². The molecule has 1 heterocycles. The van der Waals surface area contributed by atoms with Gasteiger partial charge in [0.2, 0.25) is 15.9 Å². The first-order valence-electron chi connectivity index (χ1n) is 9.93. The van der Waals surface area contributed by atoms with E-state index in [0.29, 0.717) is 18.6 Å². The summed E-state index contributed by atoms with van der Waals surface area (Å²) >= 11 is 0. The van der Waals surface area contributed by atoms with E-state index in [2.05, 4.69) is 5.32 Å². The van der Waals surface area contributed by atoms with Crippen LogP contribution in [0.1, 0.15) is 36.9 Å². The Bertz CT molecular complexity index is 1020. The predicted octanol–water partition coefficient (Wildman–Crippen LogP) is 3.42. The number of nitrogens with one attached hydrogen (secondary N) is 1. The molecule has 0 spiro atoms. The highest BCUT2D eigenvalue weighted by molar-refractivity contribution is 7.89. The van der Waals surface area contributed by atoms with Crippen molar-refractivity contribution in [1.29, 1.82) is 0 Å². The van der Waals surface area contributed by atoms with E-state index in [0.717, 1.165) is 17.2 Å². The largest absolute Gasteiger partial charge is 0.496 e. The van der Waals surface area contributed by atoms with Gasteiger partial charge in [-0.15, -0.1) is 0 Å². The van der Waals surface area contributed by atoms with Gasteiger partial charge in [0, 0.05) is 24.6 Å². The van der Waals surface area contributed by atoms with Crippen LogP contribution in [0.4, 0.5) is 4.39 Å². The van der Waals surface area contributed by atoms with E-state index >= 15 is 0 Å². The first-order valence-corrected chi connectivity index (χ1v) is 11.4. The highest BCUT2D eigenvalue weighted by atomic mass is 32.2. The number of halogens is 1. The Labute approximate surface area is 177 Å². The molecule has 2 aromatic carbocycles. The number of hydrogen-bond acceptors (Lipinski definition) is 4. The van der Waals surface area contributed by atoms with E-state index in [9.17, 15) is 17.6 Å². The molecular formula is C22H27FN2O4S. The average molecular weight is 435 g/mol. The molecule has 0 radical (unpaired) electrons. The zero-order chi connectivity index (χ0) is 21.9. The number of rotatable bonds is 6. The fraction of sp³-hybridized carbons (Fsp3) is 0.409. The van der Waals surface area contributed by atoms with Crippen LogP contribution in [0.25, 0.3) is 0 Å². The van der Waals surface area contributed by atoms with Crippen molar-refractivity contribution in [2.24, 2.45) is 5.92 Å². The Morgan fingerprint density at radius 3 is 2.50 bits per heavy atom. The summed E-state index contributed by atoms with van der Waals surface area (Å²) in [6.07, 6.45) is 0.772. The summed E-state index contributed by atoms with van der Waals surface area (Å²) in [5.41, 5.74) is 1.96. The zero-order valence-corrected chi connectivity index (χ0v) is 18.2. The molecule has 1 aliphatic rings. The van der Waals surface area contributed by atoms with Gasteiger partial charge in [-0.2, -0.15) is 4.31 Å². The number of piperidine rings is 1. The third-order valence-electron chi connectivity index (χ3n) is 5.49. The molecule has 0 bridgehead atoms. The van der Waals surface area contributed by atoms with Crippen LogP contribution >= 0.6 is 0 Å².